The van der Waals surface area contributed by atoms with E-state index in [4.69, 9.17) is 21.1 Å². The first-order valence-electron chi connectivity index (χ1n) is 8.34. The highest BCUT2D eigenvalue weighted by atomic mass is 35.5. The van der Waals surface area contributed by atoms with Crippen LogP contribution in [0.3, 0.4) is 0 Å². The lowest BCUT2D eigenvalue weighted by molar-refractivity contribution is 0.102. The lowest BCUT2D eigenvalue weighted by atomic mass is 10.1. The number of benzene rings is 2. The first-order chi connectivity index (χ1) is 12.9. The van der Waals surface area contributed by atoms with E-state index in [1.165, 1.54) is 17.7 Å². The van der Waals surface area contributed by atoms with Gasteiger partial charge in [-0.2, -0.15) is 0 Å². The Morgan fingerprint density at radius 2 is 1.85 bits per heavy atom. The number of hydrogen-bond donors (Lipinski definition) is 1. The van der Waals surface area contributed by atoms with Crippen LogP contribution in [0.1, 0.15) is 17.3 Å². The third-order valence-electron chi connectivity index (χ3n) is 4.31. The summed E-state index contributed by atoms with van der Waals surface area (Å²) in [5, 5.41) is 3.11. The number of carbonyl (C=O) groups excluding carboxylic acids is 1. The molecule has 0 bridgehead atoms. The van der Waals surface area contributed by atoms with Crippen molar-refractivity contribution in [2.45, 2.75) is 6.92 Å². The Labute approximate surface area is 161 Å². The van der Waals surface area contributed by atoms with Gasteiger partial charge in [0, 0.05) is 25.3 Å². The van der Waals surface area contributed by atoms with Gasteiger partial charge in [-0.1, -0.05) is 11.6 Å². The Bertz CT molecular complexity index is 1080. The van der Waals surface area contributed by atoms with Crippen molar-refractivity contribution in [1.82, 2.24) is 9.13 Å². The Morgan fingerprint density at radius 3 is 2.52 bits per heavy atom. The van der Waals surface area contributed by atoms with Crippen LogP contribution < -0.4 is 20.5 Å². The third kappa shape index (κ3) is 3.38. The number of aryl methyl sites for hydroxylation is 2. The molecule has 27 heavy (non-hydrogen) atoms. The largest absolute Gasteiger partial charge is 0.493 e. The lowest BCUT2D eigenvalue weighted by Crippen LogP contribution is -2.19. The fraction of sp³-hybridized carbons (Fsp3) is 0.263. The second-order valence-electron chi connectivity index (χ2n) is 5.98. The molecular weight excluding hydrogens is 370 g/mol. The summed E-state index contributed by atoms with van der Waals surface area (Å²) in [6.07, 6.45) is 0. The molecule has 142 valence electrons. The topological polar surface area (TPSA) is 74.5 Å². The lowest BCUT2D eigenvalue weighted by Gasteiger charge is -2.13. The standard InChI is InChI=1S/C19H20ClN3O4/c1-5-27-17-13(20)8-11(9-16(17)26-4)18(24)21-12-6-7-14-15(10-12)23(3)19(25)22(14)2/h6-10H,5H2,1-4H3,(H,21,24). The van der Waals surface area contributed by atoms with Crippen LogP contribution in [0.15, 0.2) is 35.1 Å². The van der Waals surface area contributed by atoms with Crippen LogP contribution in [0.5, 0.6) is 11.5 Å². The minimum Gasteiger partial charge on any atom is -0.493 e. The fourth-order valence-corrected chi connectivity index (χ4v) is 3.19. The molecule has 0 saturated carbocycles. The molecule has 0 spiro atoms. The SMILES string of the molecule is CCOc1c(Cl)cc(C(=O)Nc2ccc3c(c2)n(C)c(=O)n3C)cc1OC. The Hall–Kier alpha value is -2.93. The molecule has 3 aromatic rings. The molecule has 8 heteroatoms. The van der Waals surface area contributed by atoms with Gasteiger partial charge >= 0.3 is 5.69 Å². The second-order valence-corrected chi connectivity index (χ2v) is 6.39. The van der Waals surface area contributed by atoms with Gasteiger partial charge in [0.05, 0.1) is 29.8 Å². The van der Waals surface area contributed by atoms with Crippen LogP contribution in [-0.2, 0) is 14.1 Å². The van der Waals surface area contributed by atoms with E-state index >= 15 is 0 Å². The number of imidazole rings is 1. The molecule has 0 radical (unpaired) electrons. The van der Waals surface area contributed by atoms with E-state index in [2.05, 4.69) is 5.32 Å². The summed E-state index contributed by atoms with van der Waals surface area (Å²) in [6.45, 7) is 2.26. The van der Waals surface area contributed by atoms with Crippen molar-refractivity contribution in [3.63, 3.8) is 0 Å². The number of methoxy groups -OCH3 is 1. The van der Waals surface area contributed by atoms with Gasteiger partial charge in [0.15, 0.2) is 11.5 Å². The van der Waals surface area contributed by atoms with E-state index in [0.717, 1.165) is 11.0 Å². The first-order valence-corrected chi connectivity index (χ1v) is 8.72. The zero-order valence-corrected chi connectivity index (χ0v) is 16.3. The van der Waals surface area contributed by atoms with Gasteiger partial charge in [0.2, 0.25) is 0 Å². The third-order valence-corrected chi connectivity index (χ3v) is 4.59. The van der Waals surface area contributed by atoms with Gasteiger partial charge in [-0.05, 0) is 37.3 Å². The molecule has 3 rings (SSSR count). The summed E-state index contributed by atoms with van der Waals surface area (Å²) in [5.74, 6) is 0.438. The van der Waals surface area contributed by atoms with E-state index < -0.39 is 0 Å². The summed E-state index contributed by atoms with van der Waals surface area (Å²) in [6, 6.07) is 8.39. The highest BCUT2D eigenvalue weighted by molar-refractivity contribution is 6.32. The molecular formula is C19H20ClN3O4. The van der Waals surface area contributed by atoms with E-state index in [9.17, 15) is 9.59 Å². The molecule has 1 heterocycles. The number of ether oxygens (including phenoxy) is 2. The number of nitrogens with one attached hydrogen (secondary N) is 1. The predicted molar refractivity (Wildman–Crippen MR) is 105 cm³/mol. The smallest absolute Gasteiger partial charge is 0.328 e. The summed E-state index contributed by atoms with van der Waals surface area (Å²) in [7, 11) is 4.88. The van der Waals surface area contributed by atoms with E-state index in [1.807, 2.05) is 6.92 Å². The molecule has 0 aliphatic rings. The minimum absolute atomic E-state index is 0.128. The molecule has 1 aromatic heterocycles. The summed E-state index contributed by atoms with van der Waals surface area (Å²) < 4.78 is 13.8. The molecule has 2 aromatic carbocycles. The van der Waals surface area contributed by atoms with Crippen molar-refractivity contribution < 1.29 is 14.3 Å². The number of aromatic nitrogens is 2. The van der Waals surface area contributed by atoms with Gasteiger partial charge in [-0.15, -0.1) is 0 Å². The number of rotatable bonds is 5. The number of halogens is 1. The number of fused-ring (bicyclic) bond motifs is 1. The van der Waals surface area contributed by atoms with Crippen LogP contribution in [-0.4, -0.2) is 28.8 Å². The number of hydrogen-bond acceptors (Lipinski definition) is 4. The van der Waals surface area contributed by atoms with Crippen LogP contribution in [0.4, 0.5) is 5.69 Å². The Kier molecular flexibility index (Phi) is 5.14. The van der Waals surface area contributed by atoms with Crippen LogP contribution >= 0.6 is 11.6 Å². The van der Waals surface area contributed by atoms with Gasteiger partial charge < -0.3 is 14.8 Å². The maximum Gasteiger partial charge on any atom is 0.328 e. The quantitative estimate of drug-likeness (QED) is 0.727. The maximum absolute atomic E-state index is 12.7. The van der Waals surface area contributed by atoms with E-state index in [0.29, 0.717) is 34.4 Å². The average Bonchev–Trinajstić information content (AvgIpc) is 2.87. The Morgan fingerprint density at radius 1 is 1.15 bits per heavy atom. The van der Waals surface area contributed by atoms with Crippen molar-refractivity contribution in [3.05, 3.63) is 51.4 Å². The van der Waals surface area contributed by atoms with Crippen LogP contribution in [0, 0.1) is 0 Å². The molecule has 0 saturated heterocycles. The molecule has 0 aliphatic carbocycles. The number of amides is 1. The van der Waals surface area contributed by atoms with Gasteiger partial charge in [0.25, 0.3) is 5.91 Å². The first kappa shape index (κ1) is 18.8. The predicted octanol–water partition coefficient (Wildman–Crippen LogP) is 3.19. The highest BCUT2D eigenvalue weighted by Gasteiger charge is 2.16. The van der Waals surface area contributed by atoms with Crippen molar-refractivity contribution in [3.8, 4) is 11.5 Å². The molecule has 1 amide bonds. The molecule has 7 nitrogen and oxygen atoms in total. The normalized spacial score (nSPS) is 10.9. The average molecular weight is 390 g/mol. The minimum atomic E-state index is -0.349. The van der Waals surface area contributed by atoms with Crippen molar-refractivity contribution in [1.29, 1.82) is 0 Å². The summed E-state index contributed by atoms with van der Waals surface area (Å²) >= 11 is 6.23. The van der Waals surface area contributed by atoms with Crippen molar-refractivity contribution >= 4 is 34.2 Å². The maximum atomic E-state index is 12.7. The second kappa shape index (κ2) is 7.36. The summed E-state index contributed by atoms with van der Waals surface area (Å²) in [4.78, 5) is 24.7. The van der Waals surface area contributed by atoms with Crippen LogP contribution in [0.25, 0.3) is 11.0 Å². The molecule has 0 atom stereocenters. The van der Waals surface area contributed by atoms with Crippen LogP contribution in [0.2, 0.25) is 5.02 Å². The number of anilines is 1. The zero-order valence-electron chi connectivity index (χ0n) is 15.5. The van der Waals surface area contributed by atoms with Gasteiger partial charge in [-0.25, -0.2) is 4.79 Å². The molecule has 0 fully saturated rings. The Balaban J connectivity index is 1.93. The van der Waals surface area contributed by atoms with Crippen molar-refractivity contribution in [2.24, 2.45) is 14.1 Å². The van der Waals surface area contributed by atoms with Gasteiger partial charge in [-0.3, -0.25) is 13.9 Å². The molecule has 0 unspecified atom stereocenters. The number of nitrogens with zero attached hydrogens (tertiary/aromatic N) is 2. The monoisotopic (exact) mass is 389 g/mol. The number of carbonyl (C=O) groups is 1. The molecule has 1 N–H and O–H groups in total. The fourth-order valence-electron chi connectivity index (χ4n) is 2.92. The molecule has 0 aliphatic heterocycles. The van der Waals surface area contributed by atoms with Gasteiger partial charge in [0.1, 0.15) is 0 Å². The van der Waals surface area contributed by atoms with E-state index in [1.54, 1.807) is 42.9 Å². The zero-order chi connectivity index (χ0) is 19.7. The highest BCUT2D eigenvalue weighted by Crippen LogP contribution is 2.36. The van der Waals surface area contributed by atoms with E-state index in [-0.39, 0.29) is 11.6 Å². The van der Waals surface area contributed by atoms with Crippen molar-refractivity contribution in [2.75, 3.05) is 19.0 Å². The summed E-state index contributed by atoms with van der Waals surface area (Å²) in [5.41, 5.74) is 2.28.